The standard InChI is InChI=1S/C23H16FN3/c1-15-22(17-9-11-18(24)12-10-17)23-25-14-13-21(27(23)26-15)20-8-4-6-16-5-2-3-7-19(16)20/h2-14H,1H3. The SMILES string of the molecule is Cc1nn2c(-c3cccc4ccccc34)ccnc2c1-c1ccc(F)cc1. The summed E-state index contributed by atoms with van der Waals surface area (Å²) in [5.74, 6) is -0.253. The monoisotopic (exact) mass is 353 g/mol. The summed E-state index contributed by atoms with van der Waals surface area (Å²) in [6, 6.07) is 23.0. The van der Waals surface area contributed by atoms with Gasteiger partial charge in [0.25, 0.3) is 0 Å². The molecule has 3 nitrogen and oxygen atoms in total. The summed E-state index contributed by atoms with van der Waals surface area (Å²) in [6.45, 7) is 1.96. The van der Waals surface area contributed by atoms with Crippen LogP contribution in [0.4, 0.5) is 4.39 Å². The molecule has 27 heavy (non-hydrogen) atoms. The molecule has 0 bridgehead atoms. The Morgan fingerprint density at radius 2 is 1.63 bits per heavy atom. The van der Waals surface area contributed by atoms with E-state index in [1.54, 1.807) is 18.3 Å². The van der Waals surface area contributed by atoms with E-state index in [2.05, 4.69) is 35.3 Å². The van der Waals surface area contributed by atoms with Crippen molar-refractivity contribution in [3.63, 3.8) is 0 Å². The Bertz CT molecular complexity index is 1280. The quantitative estimate of drug-likeness (QED) is 0.410. The van der Waals surface area contributed by atoms with Gasteiger partial charge < -0.3 is 0 Å². The molecule has 3 aromatic carbocycles. The van der Waals surface area contributed by atoms with Gasteiger partial charge in [-0.05, 0) is 41.5 Å². The molecular weight excluding hydrogens is 337 g/mol. The molecule has 0 amide bonds. The van der Waals surface area contributed by atoms with Gasteiger partial charge in [-0.2, -0.15) is 5.10 Å². The number of benzene rings is 3. The fraction of sp³-hybridized carbons (Fsp3) is 0.0435. The third kappa shape index (κ3) is 2.49. The lowest BCUT2D eigenvalue weighted by atomic mass is 10.0. The lowest BCUT2D eigenvalue weighted by Crippen LogP contribution is -1.96. The number of hydrogen-bond acceptors (Lipinski definition) is 2. The van der Waals surface area contributed by atoms with Crippen LogP contribution in [0.3, 0.4) is 0 Å². The summed E-state index contributed by atoms with van der Waals surface area (Å²) >= 11 is 0. The predicted molar refractivity (Wildman–Crippen MR) is 106 cm³/mol. The van der Waals surface area contributed by atoms with E-state index in [1.165, 1.54) is 22.9 Å². The fourth-order valence-corrected chi connectivity index (χ4v) is 3.66. The van der Waals surface area contributed by atoms with Crippen LogP contribution >= 0.6 is 0 Å². The molecule has 5 aromatic rings. The van der Waals surface area contributed by atoms with Crippen LogP contribution in [-0.4, -0.2) is 14.6 Å². The van der Waals surface area contributed by atoms with E-state index in [9.17, 15) is 4.39 Å². The number of nitrogens with zero attached hydrogens (tertiary/aromatic N) is 3. The number of halogens is 1. The maximum Gasteiger partial charge on any atom is 0.163 e. The third-order valence-electron chi connectivity index (χ3n) is 4.89. The van der Waals surface area contributed by atoms with Crippen LogP contribution in [0.25, 0.3) is 38.8 Å². The van der Waals surface area contributed by atoms with Crippen LogP contribution in [0.5, 0.6) is 0 Å². The number of aromatic nitrogens is 3. The van der Waals surface area contributed by atoms with E-state index < -0.39 is 0 Å². The highest BCUT2D eigenvalue weighted by molar-refractivity contribution is 5.96. The largest absolute Gasteiger partial charge is 0.236 e. The minimum absolute atomic E-state index is 0.253. The van der Waals surface area contributed by atoms with E-state index in [0.29, 0.717) is 0 Å². The molecule has 130 valence electrons. The molecule has 0 unspecified atom stereocenters. The van der Waals surface area contributed by atoms with Crippen molar-refractivity contribution in [1.82, 2.24) is 14.6 Å². The van der Waals surface area contributed by atoms with Gasteiger partial charge in [-0.15, -0.1) is 0 Å². The summed E-state index contributed by atoms with van der Waals surface area (Å²) in [4.78, 5) is 4.57. The van der Waals surface area contributed by atoms with Crippen molar-refractivity contribution < 1.29 is 4.39 Å². The summed E-state index contributed by atoms with van der Waals surface area (Å²) in [6.07, 6.45) is 1.81. The van der Waals surface area contributed by atoms with Crippen molar-refractivity contribution in [1.29, 1.82) is 0 Å². The molecule has 5 rings (SSSR count). The van der Waals surface area contributed by atoms with Gasteiger partial charge in [0.1, 0.15) is 5.82 Å². The van der Waals surface area contributed by atoms with Crippen molar-refractivity contribution in [3.05, 3.63) is 90.5 Å². The zero-order valence-corrected chi connectivity index (χ0v) is 14.7. The highest BCUT2D eigenvalue weighted by atomic mass is 19.1. The maximum absolute atomic E-state index is 13.3. The predicted octanol–water partition coefficient (Wildman–Crippen LogP) is 5.66. The lowest BCUT2D eigenvalue weighted by molar-refractivity contribution is 0.628. The van der Waals surface area contributed by atoms with Gasteiger partial charge in [-0.25, -0.2) is 13.9 Å². The van der Waals surface area contributed by atoms with Crippen molar-refractivity contribution >= 4 is 16.4 Å². The average Bonchev–Trinajstić information content (AvgIpc) is 3.04. The minimum atomic E-state index is -0.253. The maximum atomic E-state index is 13.3. The summed E-state index contributed by atoms with van der Waals surface area (Å²) < 4.78 is 15.2. The van der Waals surface area contributed by atoms with Gasteiger partial charge in [0.05, 0.1) is 11.4 Å². The molecule has 0 radical (unpaired) electrons. The van der Waals surface area contributed by atoms with Crippen LogP contribution in [0, 0.1) is 12.7 Å². The van der Waals surface area contributed by atoms with Crippen LogP contribution in [-0.2, 0) is 0 Å². The van der Waals surface area contributed by atoms with Crippen molar-refractivity contribution in [2.75, 3.05) is 0 Å². The Balaban J connectivity index is 1.80. The number of rotatable bonds is 2. The van der Waals surface area contributed by atoms with Gasteiger partial charge in [-0.1, -0.05) is 54.6 Å². The minimum Gasteiger partial charge on any atom is -0.236 e. The van der Waals surface area contributed by atoms with Gasteiger partial charge in [-0.3, -0.25) is 0 Å². The Hall–Kier alpha value is -3.53. The molecule has 0 saturated carbocycles. The first-order valence-electron chi connectivity index (χ1n) is 8.81. The van der Waals surface area contributed by atoms with E-state index in [0.717, 1.165) is 33.7 Å². The first-order valence-corrected chi connectivity index (χ1v) is 8.81. The van der Waals surface area contributed by atoms with Crippen molar-refractivity contribution in [2.24, 2.45) is 0 Å². The Morgan fingerprint density at radius 1 is 0.852 bits per heavy atom. The van der Waals surface area contributed by atoms with Gasteiger partial charge >= 0.3 is 0 Å². The van der Waals surface area contributed by atoms with Crippen LogP contribution < -0.4 is 0 Å². The summed E-state index contributed by atoms with van der Waals surface area (Å²) in [5.41, 5.74) is 5.55. The molecule has 4 heteroatoms. The van der Waals surface area contributed by atoms with Gasteiger partial charge in [0.15, 0.2) is 5.65 Å². The highest BCUT2D eigenvalue weighted by Crippen LogP contribution is 2.32. The Kier molecular flexibility index (Phi) is 3.50. The van der Waals surface area contributed by atoms with E-state index in [4.69, 9.17) is 5.10 Å². The summed E-state index contributed by atoms with van der Waals surface area (Å²) in [5, 5.41) is 7.11. The van der Waals surface area contributed by atoms with E-state index >= 15 is 0 Å². The van der Waals surface area contributed by atoms with Crippen LogP contribution in [0.2, 0.25) is 0 Å². The fourth-order valence-electron chi connectivity index (χ4n) is 3.66. The van der Waals surface area contributed by atoms with Gasteiger partial charge in [0.2, 0.25) is 0 Å². The molecule has 0 saturated heterocycles. The molecule has 2 heterocycles. The molecule has 0 N–H and O–H groups in total. The van der Waals surface area contributed by atoms with E-state index in [-0.39, 0.29) is 5.82 Å². The van der Waals surface area contributed by atoms with Crippen LogP contribution in [0.15, 0.2) is 79.0 Å². The second kappa shape index (κ2) is 6.02. The molecule has 0 fully saturated rings. The molecule has 0 spiro atoms. The molecule has 0 atom stereocenters. The topological polar surface area (TPSA) is 30.2 Å². The molecule has 2 aromatic heterocycles. The molecule has 0 aliphatic carbocycles. The summed E-state index contributed by atoms with van der Waals surface area (Å²) in [7, 11) is 0. The zero-order chi connectivity index (χ0) is 18.4. The van der Waals surface area contributed by atoms with Crippen molar-refractivity contribution in [2.45, 2.75) is 6.92 Å². The molecule has 0 aliphatic rings. The number of fused-ring (bicyclic) bond motifs is 2. The first-order chi connectivity index (χ1) is 13.2. The van der Waals surface area contributed by atoms with Gasteiger partial charge in [0, 0.05) is 17.3 Å². The van der Waals surface area contributed by atoms with E-state index in [1.807, 2.05) is 29.6 Å². The zero-order valence-electron chi connectivity index (χ0n) is 14.7. The second-order valence-electron chi connectivity index (χ2n) is 6.56. The molecule has 0 aliphatic heterocycles. The smallest absolute Gasteiger partial charge is 0.163 e. The lowest BCUT2D eigenvalue weighted by Gasteiger charge is -2.09. The normalized spacial score (nSPS) is 11.3. The Labute approximate surface area is 155 Å². The highest BCUT2D eigenvalue weighted by Gasteiger charge is 2.16. The number of hydrogen-bond donors (Lipinski definition) is 0. The van der Waals surface area contributed by atoms with Crippen molar-refractivity contribution in [3.8, 4) is 22.4 Å². The first kappa shape index (κ1) is 15.7. The average molecular weight is 353 g/mol. The number of aryl methyl sites for hydroxylation is 1. The third-order valence-corrected chi connectivity index (χ3v) is 4.89. The molecular formula is C23H16FN3. The van der Waals surface area contributed by atoms with Crippen LogP contribution in [0.1, 0.15) is 5.69 Å². The Morgan fingerprint density at radius 3 is 2.48 bits per heavy atom. The second-order valence-corrected chi connectivity index (χ2v) is 6.56.